The molecule has 1 aliphatic carbocycles. The lowest BCUT2D eigenvalue weighted by molar-refractivity contribution is 0.411. The number of hydrogen-bond acceptors (Lipinski definition) is 2. The van der Waals surface area contributed by atoms with E-state index in [4.69, 9.17) is 10.5 Å². The lowest BCUT2D eigenvalue weighted by atomic mass is 10.0. The van der Waals surface area contributed by atoms with Gasteiger partial charge < -0.3 is 10.5 Å². The van der Waals surface area contributed by atoms with Gasteiger partial charge in [-0.25, -0.2) is 0 Å². The molecule has 2 heteroatoms. The van der Waals surface area contributed by atoms with Gasteiger partial charge in [0, 0.05) is 12.0 Å². The number of ether oxygens (including phenoxy) is 1. The minimum Gasteiger partial charge on any atom is -0.496 e. The normalized spacial score (nSPS) is 27.5. The molecular weight excluding hydrogens is 186 g/mol. The van der Waals surface area contributed by atoms with Crippen molar-refractivity contribution in [2.75, 3.05) is 7.11 Å². The van der Waals surface area contributed by atoms with Crippen LogP contribution in [0.25, 0.3) is 0 Å². The highest BCUT2D eigenvalue weighted by atomic mass is 16.5. The van der Waals surface area contributed by atoms with E-state index in [1.165, 1.54) is 11.1 Å². The molecule has 1 saturated carbocycles. The van der Waals surface area contributed by atoms with Crippen LogP contribution >= 0.6 is 0 Å². The SMILES string of the molecule is COc1ccc([C@H]2[C@H](N)C2(C)C)cc1C. The van der Waals surface area contributed by atoms with E-state index in [1.54, 1.807) is 7.11 Å². The highest BCUT2D eigenvalue weighted by Crippen LogP contribution is 2.57. The molecule has 0 radical (unpaired) electrons. The van der Waals surface area contributed by atoms with Crippen LogP contribution < -0.4 is 10.5 Å². The molecule has 1 aromatic carbocycles. The Balaban J connectivity index is 2.29. The zero-order chi connectivity index (χ0) is 11.2. The van der Waals surface area contributed by atoms with Gasteiger partial charge in [-0.05, 0) is 29.5 Å². The second-order valence-electron chi connectivity index (χ2n) is 5.05. The molecule has 0 aliphatic heterocycles. The highest BCUT2D eigenvalue weighted by Gasteiger charge is 2.56. The van der Waals surface area contributed by atoms with Crippen molar-refractivity contribution in [1.29, 1.82) is 0 Å². The second kappa shape index (κ2) is 3.24. The molecule has 1 fully saturated rings. The summed E-state index contributed by atoms with van der Waals surface area (Å²) < 4.78 is 5.25. The first-order chi connectivity index (χ1) is 6.98. The maximum atomic E-state index is 6.07. The molecule has 0 heterocycles. The maximum absolute atomic E-state index is 6.07. The number of benzene rings is 1. The van der Waals surface area contributed by atoms with Gasteiger partial charge in [0.05, 0.1) is 7.11 Å². The average Bonchev–Trinajstić information content (AvgIpc) is 2.66. The predicted molar refractivity (Wildman–Crippen MR) is 62.2 cm³/mol. The lowest BCUT2D eigenvalue weighted by Crippen LogP contribution is -2.06. The topological polar surface area (TPSA) is 35.2 Å². The van der Waals surface area contributed by atoms with E-state index in [0.717, 1.165) is 5.75 Å². The standard InChI is InChI=1S/C13H19NO/c1-8-7-9(5-6-10(8)15-4)11-12(14)13(11,2)3/h5-7,11-12H,14H2,1-4H3/t11-,12-/m0/s1. The molecule has 2 rings (SSSR count). The third kappa shape index (κ3) is 1.53. The van der Waals surface area contributed by atoms with Crippen molar-refractivity contribution in [2.45, 2.75) is 32.7 Å². The second-order valence-corrected chi connectivity index (χ2v) is 5.05. The molecule has 0 unspecified atom stereocenters. The Labute approximate surface area is 91.4 Å². The van der Waals surface area contributed by atoms with Crippen molar-refractivity contribution >= 4 is 0 Å². The fourth-order valence-electron chi connectivity index (χ4n) is 2.41. The molecule has 0 saturated heterocycles. The van der Waals surface area contributed by atoms with Gasteiger partial charge in [0.2, 0.25) is 0 Å². The van der Waals surface area contributed by atoms with Crippen LogP contribution in [0.1, 0.15) is 30.9 Å². The molecule has 2 N–H and O–H groups in total. The first-order valence-corrected chi connectivity index (χ1v) is 5.38. The van der Waals surface area contributed by atoms with Crippen LogP contribution in [0.5, 0.6) is 5.75 Å². The fraction of sp³-hybridized carbons (Fsp3) is 0.538. The van der Waals surface area contributed by atoms with E-state index in [1.807, 2.05) is 6.07 Å². The van der Waals surface area contributed by atoms with Gasteiger partial charge in [-0.15, -0.1) is 0 Å². The Morgan fingerprint density at radius 2 is 1.93 bits per heavy atom. The van der Waals surface area contributed by atoms with Gasteiger partial charge in [0.15, 0.2) is 0 Å². The molecule has 1 aliphatic rings. The van der Waals surface area contributed by atoms with Crippen LogP contribution in [0.2, 0.25) is 0 Å². The molecule has 0 amide bonds. The Morgan fingerprint density at radius 1 is 1.33 bits per heavy atom. The Morgan fingerprint density at radius 3 is 2.33 bits per heavy atom. The molecule has 2 nitrogen and oxygen atoms in total. The van der Waals surface area contributed by atoms with Crippen molar-refractivity contribution in [2.24, 2.45) is 11.1 Å². The summed E-state index contributed by atoms with van der Waals surface area (Å²) in [5.74, 6) is 1.45. The van der Waals surface area contributed by atoms with E-state index in [-0.39, 0.29) is 5.41 Å². The summed E-state index contributed by atoms with van der Waals surface area (Å²) in [6.07, 6.45) is 0. The van der Waals surface area contributed by atoms with Crippen molar-refractivity contribution in [1.82, 2.24) is 0 Å². The van der Waals surface area contributed by atoms with Gasteiger partial charge in [-0.2, -0.15) is 0 Å². The number of aryl methyl sites for hydroxylation is 1. The van der Waals surface area contributed by atoms with Gasteiger partial charge >= 0.3 is 0 Å². The first-order valence-electron chi connectivity index (χ1n) is 5.38. The van der Waals surface area contributed by atoms with Crippen molar-refractivity contribution < 1.29 is 4.74 Å². The fourth-order valence-corrected chi connectivity index (χ4v) is 2.41. The average molecular weight is 205 g/mol. The van der Waals surface area contributed by atoms with E-state index in [2.05, 4.69) is 32.9 Å². The number of nitrogens with two attached hydrogens (primary N) is 1. The molecule has 1 aromatic rings. The van der Waals surface area contributed by atoms with Crippen LogP contribution in [-0.2, 0) is 0 Å². The Hall–Kier alpha value is -1.02. The van der Waals surface area contributed by atoms with Crippen molar-refractivity contribution in [3.05, 3.63) is 29.3 Å². The van der Waals surface area contributed by atoms with Gasteiger partial charge in [0.25, 0.3) is 0 Å². The van der Waals surface area contributed by atoms with Crippen LogP contribution in [0.15, 0.2) is 18.2 Å². The molecule has 0 spiro atoms. The smallest absolute Gasteiger partial charge is 0.121 e. The van der Waals surface area contributed by atoms with E-state index in [9.17, 15) is 0 Å². The quantitative estimate of drug-likeness (QED) is 0.805. The number of methoxy groups -OCH3 is 1. The molecule has 2 atom stereocenters. The lowest BCUT2D eigenvalue weighted by Gasteiger charge is -2.08. The van der Waals surface area contributed by atoms with Crippen LogP contribution in [0, 0.1) is 12.3 Å². The van der Waals surface area contributed by atoms with Crippen LogP contribution in [0.4, 0.5) is 0 Å². The summed E-state index contributed by atoms with van der Waals surface area (Å²) in [4.78, 5) is 0. The van der Waals surface area contributed by atoms with Crippen molar-refractivity contribution in [3.8, 4) is 5.75 Å². The molecule has 82 valence electrons. The van der Waals surface area contributed by atoms with Crippen LogP contribution in [-0.4, -0.2) is 13.2 Å². The van der Waals surface area contributed by atoms with Crippen LogP contribution in [0.3, 0.4) is 0 Å². The third-order valence-electron chi connectivity index (χ3n) is 3.69. The predicted octanol–water partition coefficient (Wildman–Crippen LogP) is 2.45. The zero-order valence-electron chi connectivity index (χ0n) is 9.87. The minimum absolute atomic E-state index is 0.251. The maximum Gasteiger partial charge on any atom is 0.121 e. The Kier molecular flexibility index (Phi) is 2.27. The zero-order valence-corrected chi connectivity index (χ0v) is 9.87. The molecule has 0 aromatic heterocycles. The summed E-state index contributed by atoms with van der Waals surface area (Å²) >= 11 is 0. The molecule has 15 heavy (non-hydrogen) atoms. The van der Waals surface area contributed by atoms with Crippen molar-refractivity contribution in [3.63, 3.8) is 0 Å². The number of hydrogen-bond donors (Lipinski definition) is 1. The third-order valence-corrected chi connectivity index (χ3v) is 3.69. The molecular formula is C13H19NO. The summed E-state index contributed by atoms with van der Waals surface area (Å²) in [7, 11) is 1.70. The number of rotatable bonds is 2. The monoisotopic (exact) mass is 205 g/mol. The summed E-state index contributed by atoms with van der Waals surface area (Å²) in [6.45, 7) is 6.52. The first kappa shape index (κ1) is 10.5. The summed E-state index contributed by atoms with van der Waals surface area (Å²) in [5.41, 5.74) is 8.84. The van der Waals surface area contributed by atoms with E-state index in [0.29, 0.717) is 12.0 Å². The van der Waals surface area contributed by atoms with E-state index >= 15 is 0 Å². The summed E-state index contributed by atoms with van der Waals surface area (Å²) in [5, 5.41) is 0. The summed E-state index contributed by atoms with van der Waals surface area (Å²) in [6, 6.07) is 6.65. The minimum atomic E-state index is 0.251. The van der Waals surface area contributed by atoms with E-state index < -0.39 is 0 Å². The largest absolute Gasteiger partial charge is 0.496 e. The highest BCUT2D eigenvalue weighted by molar-refractivity contribution is 5.42. The molecule has 0 bridgehead atoms. The Bertz CT molecular complexity index is 384. The van der Waals surface area contributed by atoms with Gasteiger partial charge in [0.1, 0.15) is 5.75 Å². The van der Waals surface area contributed by atoms with Gasteiger partial charge in [-0.1, -0.05) is 26.0 Å². The van der Waals surface area contributed by atoms with Gasteiger partial charge in [-0.3, -0.25) is 0 Å².